The Labute approximate surface area is 121 Å². The minimum Gasteiger partial charge on any atom is -0.497 e. The number of ether oxygens (including phenoxy) is 2. The van der Waals surface area contributed by atoms with Crippen LogP contribution in [0, 0.1) is 0 Å². The highest BCUT2D eigenvalue weighted by Crippen LogP contribution is 2.22. The Hall–Kier alpha value is -2.75. The number of furan rings is 1. The molecular weight excluding hydrogens is 268 g/mol. The Kier molecular flexibility index (Phi) is 3.60. The number of carbonyl (C=O) groups excluding carboxylic acids is 1. The summed E-state index contributed by atoms with van der Waals surface area (Å²) in [6, 6.07) is 14.6. The van der Waals surface area contributed by atoms with Crippen molar-refractivity contribution in [2.75, 3.05) is 13.7 Å². The highest BCUT2D eigenvalue weighted by Gasteiger charge is 2.14. The van der Waals surface area contributed by atoms with Crippen LogP contribution in [-0.4, -0.2) is 19.5 Å². The number of benzene rings is 2. The van der Waals surface area contributed by atoms with Gasteiger partial charge < -0.3 is 13.9 Å². The van der Waals surface area contributed by atoms with Gasteiger partial charge in [0.15, 0.2) is 6.61 Å². The molecule has 106 valence electrons. The smallest absolute Gasteiger partial charge is 0.204 e. The van der Waals surface area contributed by atoms with Crippen LogP contribution in [-0.2, 0) is 0 Å². The van der Waals surface area contributed by atoms with E-state index in [1.165, 1.54) is 6.26 Å². The summed E-state index contributed by atoms with van der Waals surface area (Å²) in [6.45, 7) is -0.0449. The first-order valence-corrected chi connectivity index (χ1v) is 6.54. The Morgan fingerprint density at radius 1 is 1.10 bits per heavy atom. The first kappa shape index (κ1) is 13.2. The Morgan fingerprint density at radius 3 is 2.76 bits per heavy atom. The van der Waals surface area contributed by atoms with Crippen molar-refractivity contribution >= 4 is 16.8 Å². The zero-order chi connectivity index (χ0) is 14.7. The van der Waals surface area contributed by atoms with Gasteiger partial charge in [0.2, 0.25) is 5.78 Å². The van der Waals surface area contributed by atoms with E-state index < -0.39 is 0 Å². The topological polar surface area (TPSA) is 48.7 Å². The molecule has 0 saturated carbocycles. The lowest BCUT2D eigenvalue weighted by molar-refractivity contribution is 0.0922. The summed E-state index contributed by atoms with van der Waals surface area (Å²) in [6.07, 6.45) is 1.47. The maximum atomic E-state index is 12.2. The van der Waals surface area contributed by atoms with Gasteiger partial charge in [-0.3, -0.25) is 4.79 Å². The summed E-state index contributed by atoms with van der Waals surface area (Å²) < 4.78 is 16.0. The Bertz CT molecular complexity index is 773. The lowest BCUT2D eigenvalue weighted by Gasteiger charge is -2.06. The van der Waals surface area contributed by atoms with Crippen LogP contribution < -0.4 is 9.47 Å². The van der Waals surface area contributed by atoms with E-state index in [4.69, 9.17) is 13.9 Å². The molecule has 0 radical (unpaired) electrons. The largest absolute Gasteiger partial charge is 0.497 e. The summed E-state index contributed by atoms with van der Waals surface area (Å²) in [5.74, 6) is 1.16. The van der Waals surface area contributed by atoms with E-state index in [1.807, 2.05) is 36.4 Å². The Balaban J connectivity index is 1.74. The van der Waals surface area contributed by atoms with Gasteiger partial charge in [0.25, 0.3) is 0 Å². The van der Waals surface area contributed by atoms with Crippen LogP contribution in [0.2, 0.25) is 0 Å². The van der Waals surface area contributed by atoms with Crippen molar-refractivity contribution in [3.63, 3.8) is 0 Å². The first-order chi connectivity index (χ1) is 10.3. The maximum Gasteiger partial charge on any atom is 0.204 e. The number of carbonyl (C=O) groups is 1. The molecule has 21 heavy (non-hydrogen) atoms. The minimum absolute atomic E-state index is 0.0449. The molecule has 0 unspecified atom stereocenters. The number of methoxy groups -OCH3 is 1. The van der Waals surface area contributed by atoms with Crippen molar-refractivity contribution in [3.8, 4) is 11.5 Å². The van der Waals surface area contributed by atoms with Gasteiger partial charge in [-0.1, -0.05) is 24.3 Å². The summed E-state index contributed by atoms with van der Waals surface area (Å²) in [5.41, 5.74) is 1.23. The van der Waals surface area contributed by atoms with Crippen molar-refractivity contribution in [2.45, 2.75) is 0 Å². The molecule has 0 N–H and O–H groups in total. The van der Waals surface area contributed by atoms with Gasteiger partial charge in [0.1, 0.15) is 23.3 Å². The fraction of sp³-hybridized carbons (Fsp3) is 0.118. The van der Waals surface area contributed by atoms with Gasteiger partial charge in [0.05, 0.1) is 12.7 Å². The second kappa shape index (κ2) is 5.71. The van der Waals surface area contributed by atoms with Gasteiger partial charge in [-0.15, -0.1) is 0 Å². The standard InChI is InChI=1S/C17H14O4/c1-19-12-5-4-6-13(9-12)20-11-16(18)15-10-21-17-8-3-2-7-14(15)17/h2-10H,11H2,1H3. The van der Waals surface area contributed by atoms with Gasteiger partial charge in [-0.2, -0.15) is 0 Å². The number of ketones is 1. The molecule has 0 aliphatic rings. The van der Waals surface area contributed by atoms with Crippen molar-refractivity contribution < 1.29 is 18.7 Å². The molecule has 0 saturated heterocycles. The van der Waals surface area contributed by atoms with E-state index in [2.05, 4.69) is 0 Å². The zero-order valence-corrected chi connectivity index (χ0v) is 11.5. The molecule has 0 bridgehead atoms. The van der Waals surface area contributed by atoms with Crippen LogP contribution in [0.15, 0.2) is 59.2 Å². The van der Waals surface area contributed by atoms with Crippen molar-refractivity contribution in [3.05, 3.63) is 60.4 Å². The molecule has 0 fully saturated rings. The quantitative estimate of drug-likeness (QED) is 0.669. The van der Waals surface area contributed by atoms with Crippen LogP contribution in [0.4, 0.5) is 0 Å². The van der Waals surface area contributed by atoms with E-state index in [0.717, 1.165) is 5.39 Å². The average Bonchev–Trinajstić information content (AvgIpc) is 2.97. The van der Waals surface area contributed by atoms with Crippen LogP contribution >= 0.6 is 0 Å². The number of rotatable bonds is 5. The molecule has 0 spiro atoms. The molecule has 0 amide bonds. The predicted octanol–water partition coefficient (Wildman–Crippen LogP) is 3.70. The second-order valence-corrected chi connectivity index (χ2v) is 4.54. The van der Waals surface area contributed by atoms with E-state index in [-0.39, 0.29) is 12.4 Å². The van der Waals surface area contributed by atoms with Crippen molar-refractivity contribution in [2.24, 2.45) is 0 Å². The number of para-hydroxylation sites is 1. The number of hydrogen-bond donors (Lipinski definition) is 0. The normalized spacial score (nSPS) is 10.5. The predicted molar refractivity (Wildman–Crippen MR) is 79.0 cm³/mol. The van der Waals surface area contributed by atoms with E-state index in [9.17, 15) is 4.79 Å². The highest BCUT2D eigenvalue weighted by atomic mass is 16.5. The van der Waals surface area contributed by atoms with Crippen LogP contribution in [0.1, 0.15) is 10.4 Å². The number of hydrogen-bond acceptors (Lipinski definition) is 4. The van der Waals surface area contributed by atoms with Gasteiger partial charge in [0, 0.05) is 11.5 Å². The molecule has 3 aromatic rings. The monoisotopic (exact) mass is 282 g/mol. The first-order valence-electron chi connectivity index (χ1n) is 6.54. The van der Waals surface area contributed by atoms with E-state index >= 15 is 0 Å². The molecule has 4 heteroatoms. The fourth-order valence-electron chi connectivity index (χ4n) is 2.11. The molecule has 0 aliphatic carbocycles. The van der Waals surface area contributed by atoms with Gasteiger partial charge >= 0.3 is 0 Å². The number of Topliss-reactive ketones (excluding diaryl/α,β-unsaturated/α-hetero) is 1. The summed E-state index contributed by atoms with van der Waals surface area (Å²) in [7, 11) is 1.59. The lowest BCUT2D eigenvalue weighted by atomic mass is 10.1. The molecule has 2 aromatic carbocycles. The molecular formula is C17H14O4. The Morgan fingerprint density at radius 2 is 1.90 bits per heavy atom. The lowest BCUT2D eigenvalue weighted by Crippen LogP contribution is -2.11. The third-order valence-electron chi connectivity index (χ3n) is 3.19. The van der Waals surface area contributed by atoms with Crippen LogP contribution in [0.3, 0.4) is 0 Å². The summed E-state index contributed by atoms with van der Waals surface area (Å²) >= 11 is 0. The maximum absolute atomic E-state index is 12.2. The van der Waals surface area contributed by atoms with Crippen LogP contribution in [0.5, 0.6) is 11.5 Å². The van der Waals surface area contributed by atoms with Gasteiger partial charge in [-0.05, 0) is 18.2 Å². The molecule has 3 rings (SSSR count). The molecule has 1 heterocycles. The summed E-state index contributed by atoms with van der Waals surface area (Å²) in [4.78, 5) is 12.2. The summed E-state index contributed by atoms with van der Waals surface area (Å²) in [5, 5.41) is 0.803. The minimum atomic E-state index is -0.122. The van der Waals surface area contributed by atoms with Gasteiger partial charge in [-0.25, -0.2) is 0 Å². The zero-order valence-electron chi connectivity index (χ0n) is 11.5. The SMILES string of the molecule is COc1cccc(OCC(=O)c2coc3ccccc23)c1. The molecule has 1 aromatic heterocycles. The third kappa shape index (κ3) is 2.74. The highest BCUT2D eigenvalue weighted by molar-refractivity contribution is 6.07. The molecule has 4 nitrogen and oxygen atoms in total. The average molecular weight is 282 g/mol. The van der Waals surface area contributed by atoms with E-state index in [0.29, 0.717) is 22.6 Å². The molecule has 0 atom stereocenters. The number of fused-ring (bicyclic) bond motifs is 1. The second-order valence-electron chi connectivity index (χ2n) is 4.54. The fourth-order valence-corrected chi connectivity index (χ4v) is 2.11. The molecule has 0 aliphatic heterocycles. The third-order valence-corrected chi connectivity index (χ3v) is 3.19. The van der Waals surface area contributed by atoms with Crippen molar-refractivity contribution in [1.82, 2.24) is 0 Å². The van der Waals surface area contributed by atoms with E-state index in [1.54, 1.807) is 19.2 Å². The van der Waals surface area contributed by atoms with Crippen LogP contribution in [0.25, 0.3) is 11.0 Å². The van der Waals surface area contributed by atoms with Crippen molar-refractivity contribution in [1.29, 1.82) is 0 Å².